The number of carbonyl (C=O) groups excluding carboxylic acids is 1. The second kappa shape index (κ2) is 9.62. The van der Waals surface area contributed by atoms with Gasteiger partial charge in [-0.3, -0.25) is 0 Å². The highest BCUT2D eigenvalue weighted by atomic mass is 32.2. The summed E-state index contributed by atoms with van der Waals surface area (Å²) < 4.78 is 20.8. The molecule has 166 valence electrons. The third kappa shape index (κ3) is 6.93. The van der Waals surface area contributed by atoms with Crippen molar-refractivity contribution in [1.82, 2.24) is 9.62 Å². The highest BCUT2D eigenvalue weighted by molar-refractivity contribution is 7.84. The molecule has 30 heavy (non-hydrogen) atoms. The number of carbonyl (C=O) groups is 1. The Labute approximate surface area is 187 Å². The number of hydrogen-bond donors (Lipinski definition) is 1. The molecule has 2 rings (SSSR count). The molecule has 0 bridgehead atoms. The molecule has 1 heterocycles. The van der Waals surface area contributed by atoms with Crippen LogP contribution in [0.2, 0.25) is 0 Å². The molecule has 0 saturated carbocycles. The van der Waals surface area contributed by atoms with Gasteiger partial charge in [-0.25, -0.2) is 13.7 Å². The lowest BCUT2D eigenvalue weighted by molar-refractivity contribution is 0.0285. The number of thiophene rings is 1. The maximum atomic E-state index is 12.4. The lowest BCUT2D eigenvalue weighted by Gasteiger charge is -2.25. The van der Waals surface area contributed by atoms with Crippen LogP contribution in [-0.4, -0.2) is 32.6 Å². The van der Waals surface area contributed by atoms with Crippen LogP contribution in [0.3, 0.4) is 0 Å². The van der Waals surface area contributed by atoms with E-state index >= 15 is 0 Å². The van der Waals surface area contributed by atoms with E-state index in [1.165, 1.54) is 0 Å². The van der Waals surface area contributed by atoms with Gasteiger partial charge in [0.1, 0.15) is 5.60 Å². The van der Waals surface area contributed by atoms with E-state index in [2.05, 4.69) is 22.9 Å². The van der Waals surface area contributed by atoms with Gasteiger partial charge in [-0.05, 0) is 71.7 Å². The summed E-state index contributed by atoms with van der Waals surface area (Å²) in [7, 11) is 0.618. The molecule has 0 aliphatic carbocycles. The molecule has 5 nitrogen and oxygen atoms in total. The van der Waals surface area contributed by atoms with Crippen LogP contribution < -0.4 is 4.72 Å². The van der Waals surface area contributed by atoms with E-state index in [4.69, 9.17) is 4.74 Å². The molecule has 0 aliphatic heterocycles. The minimum atomic E-state index is -1.13. The molecule has 1 aromatic heterocycles. The van der Waals surface area contributed by atoms with E-state index in [1.54, 1.807) is 23.3 Å². The van der Waals surface area contributed by atoms with Crippen molar-refractivity contribution < 1.29 is 13.7 Å². The Morgan fingerprint density at radius 1 is 1.13 bits per heavy atom. The van der Waals surface area contributed by atoms with Gasteiger partial charge in [0.15, 0.2) is 0 Å². The summed E-state index contributed by atoms with van der Waals surface area (Å²) in [6, 6.07) is 12.2. The number of benzene rings is 1. The summed E-state index contributed by atoms with van der Waals surface area (Å²) in [5, 5.41) is 0. The van der Waals surface area contributed by atoms with Crippen molar-refractivity contribution in [2.24, 2.45) is 0 Å². The molecule has 2 unspecified atom stereocenters. The van der Waals surface area contributed by atoms with Crippen LogP contribution in [0.15, 0.2) is 36.4 Å². The van der Waals surface area contributed by atoms with Crippen LogP contribution in [0.5, 0.6) is 0 Å². The highest BCUT2D eigenvalue weighted by Crippen LogP contribution is 2.34. The van der Waals surface area contributed by atoms with E-state index in [1.807, 2.05) is 66.7 Å². The largest absolute Gasteiger partial charge is 0.444 e. The first-order valence-electron chi connectivity index (χ1n) is 10.1. The van der Waals surface area contributed by atoms with Gasteiger partial charge in [0.25, 0.3) is 0 Å². The summed E-state index contributed by atoms with van der Waals surface area (Å²) in [5.41, 5.74) is 1.62. The van der Waals surface area contributed by atoms with Crippen LogP contribution in [0.25, 0.3) is 10.4 Å². The number of nitrogens with zero attached hydrogens (tertiary/aromatic N) is 1. The van der Waals surface area contributed by atoms with Crippen LogP contribution in [0, 0.1) is 0 Å². The number of nitrogens with one attached hydrogen (secondary N) is 1. The van der Waals surface area contributed by atoms with Gasteiger partial charge in [-0.1, -0.05) is 24.3 Å². The molecular weight excluding hydrogens is 416 g/mol. The van der Waals surface area contributed by atoms with Gasteiger partial charge in [0.05, 0.1) is 21.8 Å². The molecule has 0 fully saturated rings. The van der Waals surface area contributed by atoms with E-state index in [0.717, 1.165) is 20.9 Å². The first kappa shape index (κ1) is 24.6. The van der Waals surface area contributed by atoms with Crippen LogP contribution in [-0.2, 0) is 22.3 Å². The summed E-state index contributed by atoms with van der Waals surface area (Å²) >= 11 is 1.67. The predicted molar refractivity (Wildman–Crippen MR) is 127 cm³/mol. The van der Waals surface area contributed by atoms with Crippen molar-refractivity contribution in [3.63, 3.8) is 0 Å². The third-order valence-corrected chi connectivity index (χ3v) is 7.27. The zero-order chi connectivity index (χ0) is 22.7. The topological polar surface area (TPSA) is 58.6 Å². The summed E-state index contributed by atoms with van der Waals surface area (Å²) in [4.78, 5) is 16.2. The van der Waals surface area contributed by atoms with Gasteiger partial charge in [-0.2, -0.15) is 0 Å². The molecule has 0 saturated heterocycles. The molecule has 2 atom stereocenters. The monoisotopic (exact) mass is 450 g/mol. The lowest BCUT2D eigenvalue weighted by Crippen LogP contribution is -2.34. The molecule has 0 spiro atoms. The van der Waals surface area contributed by atoms with E-state index in [-0.39, 0.29) is 16.9 Å². The first-order chi connectivity index (χ1) is 13.8. The molecular formula is C23H34N2O3S2. The van der Waals surface area contributed by atoms with Crippen LogP contribution in [0.1, 0.15) is 64.9 Å². The second-order valence-electron chi connectivity index (χ2n) is 9.42. The zero-order valence-electron chi connectivity index (χ0n) is 19.2. The third-order valence-electron chi connectivity index (χ3n) is 4.29. The normalized spacial score (nSPS) is 14.3. The Hall–Kier alpha value is -1.70. The second-order valence-corrected chi connectivity index (χ2v) is 12.5. The van der Waals surface area contributed by atoms with Gasteiger partial charge < -0.3 is 9.64 Å². The average Bonchev–Trinajstić information content (AvgIpc) is 3.09. The van der Waals surface area contributed by atoms with E-state index < -0.39 is 16.6 Å². The summed E-state index contributed by atoms with van der Waals surface area (Å²) in [6.45, 7) is 14.0. The molecule has 0 radical (unpaired) electrons. The van der Waals surface area contributed by atoms with Crippen molar-refractivity contribution in [3.05, 3.63) is 46.8 Å². The van der Waals surface area contributed by atoms with Gasteiger partial charge in [0, 0.05) is 23.3 Å². The number of amides is 1. The Morgan fingerprint density at radius 3 is 2.37 bits per heavy atom. The minimum absolute atomic E-state index is 0.0135. The Kier molecular flexibility index (Phi) is 7.88. The Balaban J connectivity index is 2.18. The van der Waals surface area contributed by atoms with Crippen LogP contribution in [0.4, 0.5) is 4.79 Å². The Bertz CT molecular complexity index is 894. The maximum Gasteiger partial charge on any atom is 0.410 e. The van der Waals surface area contributed by atoms with E-state index in [0.29, 0.717) is 6.54 Å². The highest BCUT2D eigenvalue weighted by Gasteiger charge is 2.23. The fraction of sp³-hybridized carbons (Fsp3) is 0.522. The molecule has 0 aliphatic rings. The molecule has 7 heteroatoms. The zero-order valence-corrected chi connectivity index (χ0v) is 20.9. The fourth-order valence-corrected chi connectivity index (χ4v) is 4.63. The standard InChI is InChI=1S/C23H34N2O3S2/c1-16(24-30(27)23(5,6)7)19-13-14-20(29-19)18-12-10-9-11-17(18)15-25(8)21(26)28-22(2,3)4/h9-14,16,24H,15H2,1-8H3. The van der Waals surface area contributed by atoms with Gasteiger partial charge >= 0.3 is 6.09 Å². The number of rotatable bonds is 6. The fourth-order valence-electron chi connectivity index (χ4n) is 2.68. The Morgan fingerprint density at radius 2 is 1.77 bits per heavy atom. The van der Waals surface area contributed by atoms with Gasteiger partial charge in [-0.15, -0.1) is 11.3 Å². The maximum absolute atomic E-state index is 12.4. The first-order valence-corrected chi connectivity index (χ1v) is 12.0. The van der Waals surface area contributed by atoms with Crippen LogP contribution >= 0.6 is 11.3 Å². The molecule has 1 amide bonds. The smallest absolute Gasteiger partial charge is 0.410 e. The van der Waals surface area contributed by atoms with Gasteiger partial charge in [0.2, 0.25) is 0 Å². The SMILES string of the molecule is CC(NS(=O)C(C)(C)C)c1ccc(-c2ccccc2CN(C)C(=O)OC(C)(C)C)s1. The minimum Gasteiger partial charge on any atom is -0.444 e. The lowest BCUT2D eigenvalue weighted by atomic mass is 10.1. The van der Waals surface area contributed by atoms with Crippen molar-refractivity contribution in [1.29, 1.82) is 0 Å². The van der Waals surface area contributed by atoms with Crippen molar-refractivity contribution in [2.45, 2.75) is 71.4 Å². The quantitative estimate of drug-likeness (QED) is 0.596. The van der Waals surface area contributed by atoms with Crippen molar-refractivity contribution in [3.8, 4) is 10.4 Å². The van der Waals surface area contributed by atoms with E-state index in [9.17, 15) is 9.00 Å². The summed E-state index contributed by atoms with van der Waals surface area (Å²) in [6.07, 6.45) is -0.341. The molecule has 1 N–H and O–H groups in total. The van der Waals surface area contributed by atoms with Crippen molar-refractivity contribution in [2.75, 3.05) is 7.05 Å². The molecule has 1 aromatic carbocycles. The predicted octanol–water partition coefficient (Wildman–Crippen LogP) is 5.89. The molecule has 2 aromatic rings. The average molecular weight is 451 g/mol. The van der Waals surface area contributed by atoms with Crippen molar-refractivity contribution >= 4 is 28.4 Å². The number of hydrogen-bond acceptors (Lipinski definition) is 4. The summed E-state index contributed by atoms with van der Waals surface area (Å²) in [5.74, 6) is 0. The number of ether oxygens (including phenoxy) is 1.